The highest BCUT2D eigenvalue weighted by Gasteiger charge is 2.11. The van der Waals surface area contributed by atoms with Gasteiger partial charge >= 0.3 is 0 Å². The number of nitrogens with two attached hydrogens (primary N) is 1. The van der Waals surface area contributed by atoms with Gasteiger partial charge < -0.3 is 15.8 Å². The summed E-state index contributed by atoms with van der Waals surface area (Å²) in [5, 5.41) is 4.40. The largest absolute Gasteiger partial charge is 0.384 e. The van der Waals surface area contributed by atoms with Gasteiger partial charge in [-0.05, 0) is 46.5 Å². The number of hydrogen-bond acceptors (Lipinski definition) is 7. The van der Waals surface area contributed by atoms with E-state index < -0.39 is 0 Å². The molecule has 0 spiro atoms. The topological polar surface area (TPSA) is 76.3 Å². The van der Waals surface area contributed by atoms with Crippen LogP contribution in [-0.2, 0) is 17.8 Å². The van der Waals surface area contributed by atoms with Crippen molar-refractivity contribution in [3.63, 3.8) is 0 Å². The number of morpholine rings is 1. The van der Waals surface area contributed by atoms with E-state index in [1.54, 1.807) is 17.5 Å². The molecule has 0 atom stereocenters. The Morgan fingerprint density at radius 2 is 1.74 bits per heavy atom. The predicted molar refractivity (Wildman–Crippen MR) is 127 cm³/mol. The molecule has 31 heavy (non-hydrogen) atoms. The summed E-state index contributed by atoms with van der Waals surface area (Å²) in [6, 6.07) is 19.0. The van der Waals surface area contributed by atoms with E-state index >= 15 is 0 Å². The molecule has 2 aromatic heterocycles. The molecule has 0 radical (unpaired) electrons. The van der Waals surface area contributed by atoms with Crippen LogP contribution in [0, 0.1) is 0 Å². The van der Waals surface area contributed by atoms with Crippen molar-refractivity contribution in [2.24, 2.45) is 0 Å². The number of ether oxygens (including phenoxy) is 1. The number of nitrogens with one attached hydrogen (secondary N) is 1. The number of anilines is 2. The number of nitrogen functional groups attached to an aromatic ring is 1. The van der Waals surface area contributed by atoms with Crippen molar-refractivity contribution in [3.05, 3.63) is 71.9 Å². The Morgan fingerprint density at radius 3 is 2.55 bits per heavy atom. The van der Waals surface area contributed by atoms with Gasteiger partial charge in [-0.25, -0.2) is 9.97 Å². The van der Waals surface area contributed by atoms with Crippen molar-refractivity contribution < 1.29 is 4.74 Å². The Hall–Kier alpha value is -3.00. The van der Waals surface area contributed by atoms with Crippen LogP contribution < -0.4 is 11.1 Å². The maximum Gasteiger partial charge on any atom is 0.184 e. The van der Waals surface area contributed by atoms with Gasteiger partial charge in [0.1, 0.15) is 5.82 Å². The second-order valence-corrected chi connectivity index (χ2v) is 8.76. The summed E-state index contributed by atoms with van der Waals surface area (Å²) >= 11 is 1.67. The van der Waals surface area contributed by atoms with Crippen molar-refractivity contribution in [2.75, 3.05) is 37.4 Å². The zero-order valence-corrected chi connectivity index (χ0v) is 18.1. The number of fused-ring (bicyclic) bond motifs is 1. The van der Waals surface area contributed by atoms with E-state index in [0.717, 1.165) is 65.9 Å². The number of pyridine rings is 1. The molecule has 3 heterocycles. The van der Waals surface area contributed by atoms with Gasteiger partial charge in [0.25, 0.3) is 0 Å². The third-order valence-electron chi connectivity index (χ3n) is 5.48. The van der Waals surface area contributed by atoms with Gasteiger partial charge in [-0.1, -0.05) is 41.7 Å². The molecule has 6 nitrogen and oxygen atoms in total. The van der Waals surface area contributed by atoms with Crippen molar-refractivity contribution >= 4 is 32.5 Å². The van der Waals surface area contributed by atoms with E-state index in [9.17, 15) is 0 Å². The monoisotopic (exact) mass is 431 g/mol. The summed E-state index contributed by atoms with van der Waals surface area (Å²) in [5.41, 5.74) is 11.6. The third kappa shape index (κ3) is 4.85. The smallest absolute Gasteiger partial charge is 0.184 e. The van der Waals surface area contributed by atoms with Gasteiger partial charge in [0.15, 0.2) is 5.13 Å². The molecular formula is C24H25N5OS. The minimum Gasteiger partial charge on any atom is -0.384 e. The molecule has 1 aliphatic heterocycles. The van der Waals surface area contributed by atoms with E-state index in [1.807, 2.05) is 12.1 Å². The van der Waals surface area contributed by atoms with Gasteiger partial charge in [0, 0.05) is 32.4 Å². The van der Waals surface area contributed by atoms with Crippen LogP contribution in [0.25, 0.3) is 21.3 Å². The van der Waals surface area contributed by atoms with Crippen LogP contribution in [0.5, 0.6) is 0 Å². The van der Waals surface area contributed by atoms with E-state index in [1.165, 1.54) is 11.1 Å². The third-order valence-corrected chi connectivity index (χ3v) is 6.46. The minimum atomic E-state index is 0.528. The van der Waals surface area contributed by atoms with Crippen LogP contribution in [0.3, 0.4) is 0 Å². The number of thiazole rings is 1. The van der Waals surface area contributed by atoms with Crippen molar-refractivity contribution in [1.82, 2.24) is 14.9 Å². The lowest BCUT2D eigenvalue weighted by atomic mass is 10.1. The van der Waals surface area contributed by atoms with Crippen LogP contribution in [-0.4, -0.2) is 41.2 Å². The Balaban J connectivity index is 1.23. The average Bonchev–Trinajstić information content (AvgIpc) is 3.21. The number of rotatable bonds is 6. The molecule has 0 bridgehead atoms. The van der Waals surface area contributed by atoms with Gasteiger partial charge in [-0.3, -0.25) is 4.90 Å². The van der Waals surface area contributed by atoms with Crippen LogP contribution in [0.2, 0.25) is 0 Å². The summed E-state index contributed by atoms with van der Waals surface area (Å²) in [5.74, 6) is 0.528. The fraction of sp³-hybridized carbons (Fsp3) is 0.250. The quantitative estimate of drug-likeness (QED) is 0.472. The van der Waals surface area contributed by atoms with Gasteiger partial charge in [-0.15, -0.1) is 0 Å². The van der Waals surface area contributed by atoms with Crippen LogP contribution >= 0.6 is 11.3 Å². The van der Waals surface area contributed by atoms with E-state index in [2.05, 4.69) is 57.7 Å². The molecule has 0 amide bonds. The average molecular weight is 432 g/mol. The summed E-state index contributed by atoms with van der Waals surface area (Å²) in [6.45, 7) is 5.44. The van der Waals surface area contributed by atoms with Crippen LogP contribution in [0.1, 0.15) is 11.1 Å². The number of hydrogen-bond donors (Lipinski definition) is 2. The summed E-state index contributed by atoms with van der Waals surface area (Å²) in [4.78, 5) is 11.2. The molecule has 5 rings (SSSR count). The first-order chi connectivity index (χ1) is 15.2. The maximum atomic E-state index is 5.83. The Kier molecular flexibility index (Phi) is 5.80. The predicted octanol–water partition coefficient (Wildman–Crippen LogP) is 4.38. The Bertz CT molecular complexity index is 1170. The van der Waals surface area contributed by atoms with Gasteiger partial charge in [-0.2, -0.15) is 0 Å². The van der Waals surface area contributed by atoms with Crippen molar-refractivity contribution in [3.8, 4) is 11.1 Å². The summed E-state index contributed by atoms with van der Waals surface area (Å²) in [6.07, 6.45) is 1.74. The molecular weight excluding hydrogens is 406 g/mol. The highest BCUT2D eigenvalue weighted by molar-refractivity contribution is 7.22. The fourth-order valence-electron chi connectivity index (χ4n) is 3.77. The number of aromatic nitrogens is 2. The molecule has 7 heteroatoms. The van der Waals surface area contributed by atoms with Gasteiger partial charge in [0.05, 0.1) is 23.4 Å². The van der Waals surface area contributed by atoms with E-state index in [4.69, 9.17) is 15.5 Å². The number of nitrogens with zero attached hydrogens (tertiary/aromatic N) is 3. The highest BCUT2D eigenvalue weighted by Crippen LogP contribution is 2.31. The summed E-state index contributed by atoms with van der Waals surface area (Å²) in [7, 11) is 0. The van der Waals surface area contributed by atoms with E-state index in [0.29, 0.717) is 5.82 Å². The molecule has 3 N–H and O–H groups in total. The minimum absolute atomic E-state index is 0.528. The second-order valence-electron chi connectivity index (χ2n) is 7.73. The molecule has 1 fully saturated rings. The zero-order chi connectivity index (χ0) is 21.0. The van der Waals surface area contributed by atoms with Crippen molar-refractivity contribution in [2.45, 2.75) is 13.1 Å². The Morgan fingerprint density at radius 1 is 0.968 bits per heavy atom. The first-order valence-electron chi connectivity index (χ1n) is 10.5. The first-order valence-corrected chi connectivity index (χ1v) is 11.3. The SMILES string of the molecule is Nc1cc(-c2ccc3nc(NCc4ccc(CN5CCOCC5)cc4)sc3c2)ccn1. The maximum absolute atomic E-state index is 5.83. The molecule has 0 unspecified atom stereocenters. The summed E-state index contributed by atoms with van der Waals surface area (Å²) < 4.78 is 6.57. The van der Waals surface area contributed by atoms with Crippen molar-refractivity contribution in [1.29, 1.82) is 0 Å². The molecule has 1 aliphatic rings. The molecule has 158 valence electrons. The molecule has 4 aromatic rings. The second kappa shape index (κ2) is 9.01. The van der Waals surface area contributed by atoms with Crippen LogP contribution in [0.15, 0.2) is 60.8 Å². The highest BCUT2D eigenvalue weighted by atomic mass is 32.1. The Labute approximate surface area is 185 Å². The standard InChI is InChI=1S/C24H25N5OS/c25-23-14-20(7-8-26-23)19-5-6-21-22(13-19)31-24(28-21)27-15-17-1-3-18(4-2-17)16-29-9-11-30-12-10-29/h1-8,13-14H,9-12,15-16H2,(H2,25,26)(H,27,28). The molecule has 1 saturated heterocycles. The molecule has 2 aromatic carbocycles. The van der Waals surface area contributed by atoms with Crippen LogP contribution in [0.4, 0.5) is 10.9 Å². The lowest BCUT2D eigenvalue weighted by molar-refractivity contribution is 0.0342. The van der Waals surface area contributed by atoms with Gasteiger partial charge in [0.2, 0.25) is 0 Å². The first kappa shape index (κ1) is 19.9. The normalized spacial score (nSPS) is 14.7. The molecule has 0 aliphatic carbocycles. The van der Waals surface area contributed by atoms with E-state index in [-0.39, 0.29) is 0 Å². The molecule has 0 saturated carbocycles. The lowest BCUT2D eigenvalue weighted by Crippen LogP contribution is -2.35. The number of benzene rings is 2. The fourth-order valence-corrected chi connectivity index (χ4v) is 4.67. The lowest BCUT2D eigenvalue weighted by Gasteiger charge is -2.26. The zero-order valence-electron chi connectivity index (χ0n) is 17.3.